The summed E-state index contributed by atoms with van der Waals surface area (Å²) < 4.78 is 38.8. The molecule has 0 amide bonds. The summed E-state index contributed by atoms with van der Waals surface area (Å²) in [5.41, 5.74) is 1.15. The Labute approximate surface area is 147 Å². The molecule has 0 saturated carbocycles. The number of hydrogen-bond donors (Lipinski definition) is 1. The van der Waals surface area contributed by atoms with Crippen LogP contribution in [0.15, 0.2) is 42.5 Å². The average molecular weight is 370 g/mol. The highest BCUT2D eigenvalue weighted by atomic mass is 35.5. The van der Waals surface area contributed by atoms with Gasteiger partial charge in [-0.05, 0) is 41.3 Å². The van der Waals surface area contributed by atoms with Crippen LogP contribution < -0.4 is 0 Å². The van der Waals surface area contributed by atoms with Crippen LogP contribution in [-0.4, -0.2) is 22.0 Å². The van der Waals surface area contributed by atoms with Crippen molar-refractivity contribution in [3.05, 3.63) is 69.7 Å². The Kier molecular flexibility index (Phi) is 4.75. The van der Waals surface area contributed by atoms with Crippen molar-refractivity contribution in [2.75, 3.05) is 0 Å². The standard InChI is InChI=1S/C18H15ClF3NO2/c19-15-4-2-1-3-12(15)9-23-10-13-7-14(18(20,21)22)6-5-11(13)8-16(23)17(24)25/h1-7,16H,8-10H2,(H,24,25). The first-order chi connectivity index (χ1) is 11.8. The minimum atomic E-state index is -4.42. The second-order valence-corrected chi connectivity index (χ2v) is 6.44. The smallest absolute Gasteiger partial charge is 0.416 e. The van der Waals surface area contributed by atoms with Gasteiger partial charge < -0.3 is 5.11 Å². The fourth-order valence-electron chi connectivity index (χ4n) is 3.07. The number of rotatable bonds is 3. The first-order valence-corrected chi connectivity index (χ1v) is 8.03. The zero-order valence-electron chi connectivity index (χ0n) is 13.1. The first kappa shape index (κ1) is 17.8. The van der Waals surface area contributed by atoms with Gasteiger partial charge >= 0.3 is 12.1 Å². The van der Waals surface area contributed by atoms with Crippen LogP contribution in [-0.2, 0) is 30.5 Å². The molecule has 0 radical (unpaired) electrons. The van der Waals surface area contributed by atoms with E-state index in [4.69, 9.17) is 11.6 Å². The van der Waals surface area contributed by atoms with E-state index in [1.807, 2.05) is 0 Å². The second kappa shape index (κ2) is 6.69. The van der Waals surface area contributed by atoms with Gasteiger partial charge in [0.2, 0.25) is 0 Å². The van der Waals surface area contributed by atoms with E-state index >= 15 is 0 Å². The largest absolute Gasteiger partial charge is 0.480 e. The maximum absolute atomic E-state index is 12.9. The molecule has 1 unspecified atom stereocenters. The number of carboxylic acid groups (broad SMARTS) is 1. The molecular weight excluding hydrogens is 355 g/mol. The summed E-state index contributed by atoms with van der Waals surface area (Å²) in [6.45, 7) is 0.383. The number of nitrogens with zero attached hydrogens (tertiary/aromatic N) is 1. The maximum atomic E-state index is 12.9. The minimum Gasteiger partial charge on any atom is -0.480 e. The van der Waals surface area contributed by atoms with Crippen molar-refractivity contribution in [2.24, 2.45) is 0 Å². The highest BCUT2D eigenvalue weighted by molar-refractivity contribution is 6.31. The zero-order valence-corrected chi connectivity index (χ0v) is 13.8. The molecule has 1 heterocycles. The van der Waals surface area contributed by atoms with Crippen LogP contribution >= 0.6 is 11.6 Å². The van der Waals surface area contributed by atoms with Gasteiger partial charge in [-0.25, -0.2) is 0 Å². The highest BCUT2D eigenvalue weighted by Gasteiger charge is 2.35. The molecule has 3 nitrogen and oxygen atoms in total. The molecular formula is C18H15ClF3NO2. The van der Waals surface area contributed by atoms with Gasteiger partial charge in [0, 0.05) is 18.1 Å². The number of hydrogen-bond acceptors (Lipinski definition) is 2. The van der Waals surface area contributed by atoms with Crippen LogP contribution in [0.4, 0.5) is 13.2 Å². The Hall–Kier alpha value is -2.05. The third-order valence-electron chi connectivity index (χ3n) is 4.38. The molecule has 2 aromatic rings. The molecule has 3 rings (SSSR count). The quantitative estimate of drug-likeness (QED) is 0.873. The van der Waals surface area contributed by atoms with Gasteiger partial charge in [-0.3, -0.25) is 9.69 Å². The predicted octanol–water partition coefficient (Wildman–Crippen LogP) is 4.37. The third kappa shape index (κ3) is 3.80. The van der Waals surface area contributed by atoms with Gasteiger partial charge in [0.05, 0.1) is 5.56 Å². The SMILES string of the molecule is O=C(O)C1Cc2ccc(C(F)(F)F)cc2CN1Cc1ccccc1Cl. The molecule has 7 heteroatoms. The molecule has 0 bridgehead atoms. The topological polar surface area (TPSA) is 40.5 Å². The Morgan fingerprint density at radius 1 is 1.20 bits per heavy atom. The number of halogens is 4. The molecule has 132 valence electrons. The van der Waals surface area contributed by atoms with E-state index in [0.717, 1.165) is 17.7 Å². The van der Waals surface area contributed by atoms with Crippen molar-refractivity contribution in [3.8, 4) is 0 Å². The summed E-state index contributed by atoms with van der Waals surface area (Å²) in [7, 11) is 0. The second-order valence-electron chi connectivity index (χ2n) is 6.04. The predicted molar refractivity (Wildman–Crippen MR) is 87.3 cm³/mol. The number of carbonyl (C=O) groups is 1. The number of benzene rings is 2. The van der Waals surface area contributed by atoms with E-state index < -0.39 is 23.8 Å². The van der Waals surface area contributed by atoms with E-state index in [0.29, 0.717) is 16.1 Å². The number of aliphatic carboxylic acids is 1. The van der Waals surface area contributed by atoms with Crippen LogP contribution in [0.5, 0.6) is 0 Å². The Morgan fingerprint density at radius 2 is 1.92 bits per heavy atom. The number of fused-ring (bicyclic) bond motifs is 1. The molecule has 0 aromatic heterocycles. The Bertz CT molecular complexity index is 807. The van der Waals surface area contributed by atoms with Crippen molar-refractivity contribution in [1.29, 1.82) is 0 Å². The van der Waals surface area contributed by atoms with Gasteiger partial charge in [-0.15, -0.1) is 0 Å². The molecule has 1 atom stereocenters. The molecule has 1 aliphatic rings. The number of alkyl halides is 3. The van der Waals surface area contributed by atoms with Crippen LogP contribution in [0.1, 0.15) is 22.3 Å². The summed E-state index contributed by atoms with van der Waals surface area (Å²) in [5, 5.41) is 10.0. The van der Waals surface area contributed by atoms with Crippen LogP contribution in [0.25, 0.3) is 0 Å². The monoisotopic (exact) mass is 369 g/mol. The fraction of sp³-hybridized carbons (Fsp3) is 0.278. The van der Waals surface area contributed by atoms with Gasteiger partial charge in [-0.1, -0.05) is 35.9 Å². The summed E-state index contributed by atoms with van der Waals surface area (Å²) in [6, 6.07) is 9.71. The first-order valence-electron chi connectivity index (χ1n) is 7.65. The van der Waals surface area contributed by atoms with E-state index in [9.17, 15) is 23.1 Å². The number of carboxylic acids is 1. The Balaban J connectivity index is 1.93. The van der Waals surface area contributed by atoms with Gasteiger partial charge in [0.15, 0.2) is 0 Å². The van der Waals surface area contributed by atoms with Crippen LogP contribution in [0.2, 0.25) is 5.02 Å². The lowest BCUT2D eigenvalue weighted by atomic mass is 9.92. The van der Waals surface area contributed by atoms with Gasteiger partial charge in [0.25, 0.3) is 0 Å². The highest BCUT2D eigenvalue weighted by Crippen LogP contribution is 2.34. The fourth-order valence-corrected chi connectivity index (χ4v) is 3.27. The van der Waals surface area contributed by atoms with E-state index in [1.54, 1.807) is 29.2 Å². The van der Waals surface area contributed by atoms with Crippen LogP contribution in [0.3, 0.4) is 0 Å². The Morgan fingerprint density at radius 3 is 2.56 bits per heavy atom. The van der Waals surface area contributed by atoms with E-state index in [-0.39, 0.29) is 19.5 Å². The summed E-state index contributed by atoms with van der Waals surface area (Å²) in [4.78, 5) is 13.3. The van der Waals surface area contributed by atoms with Crippen molar-refractivity contribution in [2.45, 2.75) is 31.7 Å². The molecule has 2 aromatic carbocycles. The van der Waals surface area contributed by atoms with Gasteiger partial charge in [-0.2, -0.15) is 13.2 Å². The maximum Gasteiger partial charge on any atom is 0.416 e. The summed E-state index contributed by atoms with van der Waals surface area (Å²) >= 11 is 6.13. The lowest BCUT2D eigenvalue weighted by molar-refractivity contribution is -0.144. The van der Waals surface area contributed by atoms with E-state index in [2.05, 4.69) is 0 Å². The third-order valence-corrected chi connectivity index (χ3v) is 4.75. The van der Waals surface area contributed by atoms with Crippen molar-refractivity contribution < 1.29 is 23.1 Å². The van der Waals surface area contributed by atoms with Crippen LogP contribution in [0, 0.1) is 0 Å². The molecule has 1 N–H and O–H groups in total. The van der Waals surface area contributed by atoms with Crippen molar-refractivity contribution in [3.63, 3.8) is 0 Å². The van der Waals surface area contributed by atoms with Crippen molar-refractivity contribution >= 4 is 17.6 Å². The lowest BCUT2D eigenvalue weighted by Crippen LogP contribution is -2.45. The normalized spacial score (nSPS) is 18.0. The molecule has 0 fully saturated rings. The van der Waals surface area contributed by atoms with Gasteiger partial charge in [0.1, 0.15) is 6.04 Å². The van der Waals surface area contributed by atoms with E-state index in [1.165, 1.54) is 6.07 Å². The lowest BCUT2D eigenvalue weighted by Gasteiger charge is -2.35. The molecule has 0 saturated heterocycles. The summed E-state index contributed by atoms with van der Waals surface area (Å²) in [5.74, 6) is -1.00. The molecule has 1 aliphatic heterocycles. The molecule has 0 spiro atoms. The summed E-state index contributed by atoms with van der Waals surface area (Å²) in [6.07, 6.45) is -4.26. The molecule has 0 aliphatic carbocycles. The van der Waals surface area contributed by atoms with Crippen molar-refractivity contribution in [1.82, 2.24) is 4.90 Å². The zero-order chi connectivity index (χ0) is 18.2. The average Bonchev–Trinajstić information content (AvgIpc) is 2.54. The minimum absolute atomic E-state index is 0.126. The molecule has 25 heavy (non-hydrogen) atoms.